The summed E-state index contributed by atoms with van der Waals surface area (Å²) >= 11 is 0. The molecule has 0 N–H and O–H groups in total. The highest BCUT2D eigenvalue weighted by molar-refractivity contribution is 6.13. The maximum Gasteiger partial charge on any atom is 0.167 e. The number of aryl methyl sites for hydroxylation is 1. The van der Waals surface area contributed by atoms with Crippen LogP contribution in [0.3, 0.4) is 0 Å². The van der Waals surface area contributed by atoms with Crippen LogP contribution >= 0.6 is 0 Å². The number of nitrogens with zero attached hydrogens (tertiary/aromatic N) is 3. The van der Waals surface area contributed by atoms with Crippen LogP contribution in [-0.2, 0) is 0 Å². The number of benzene rings is 5. The summed E-state index contributed by atoms with van der Waals surface area (Å²) in [5.41, 5.74) is 4.63. The van der Waals surface area contributed by atoms with Gasteiger partial charge in [-0.25, -0.2) is 15.0 Å². The van der Waals surface area contributed by atoms with Crippen molar-refractivity contribution < 1.29 is 4.42 Å². The topological polar surface area (TPSA) is 51.8 Å². The maximum absolute atomic E-state index is 6.29. The summed E-state index contributed by atoms with van der Waals surface area (Å²) in [5.74, 6) is 1.27. The van der Waals surface area contributed by atoms with E-state index >= 15 is 0 Å². The Kier molecular flexibility index (Phi) is 4.02. The van der Waals surface area contributed by atoms with Crippen molar-refractivity contribution in [2.75, 3.05) is 0 Å². The largest absolute Gasteiger partial charge is 0.455 e. The molecule has 2 heterocycles. The number of aromatic nitrogens is 3. The molecule has 4 nitrogen and oxygen atoms in total. The second-order valence-corrected chi connectivity index (χ2v) is 8.56. The van der Waals surface area contributed by atoms with Gasteiger partial charge in [-0.2, -0.15) is 0 Å². The molecule has 7 aromatic rings. The standard InChI is InChI=1S/C30H19N3O/c1-18-14-15-24-23-12-6-7-13-26(23)34-28(24)27(18)30-32-17-31-29(33-30)25-16-19-8-2-3-9-20(19)21-10-4-5-11-22(21)25/h2-17H,1H3. The summed E-state index contributed by atoms with van der Waals surface area (Å²) in [6, 6.07) is 31.3. The van der Waals surface area contributed by atoms with E-state index in [1.54, 1.807) is 6.33 Å². The van der Waals surface area contributed by atoms with Crippen molar-refractivity contribution >= 4 is 43.5 Å². The number of rotatable bonds is 2. The molecular weight excluding hydrogens is 418 g/mol. The van der Waals surface area contributed by atoms with Crippen LogP contribution in [0.4, 0.5) is 0 Å². The first kappa shape index (κ1) is 18.9. The van der Waals surface area contributed by atoms with Crippen molar-refractivity contribution in [2.24, 2.45) is 0 Å². The van der Waals surface area contributed by atoms with Crippen LogP contribution in [-0.4, -0.2) is 15.0 Å². The van der Waals surface area contributed by atoms with Crippen molar-refractivity contribution in [1.29, 1.82) is 0 Å². The fourth-order valence-corrected chi connectivity index (χ4v) is 4.95. The lowest BCUT2D eigenvalue weighted by Crippen LogP contribution is -1.98. The lowest BCUT2D eigenvalue weighted by Gasteiger charge is -2.11. The van der Waals surface area contributed by atoms with Gasteiger partial charge in [0.2, 0.25) is 0 Å². The van der Waals surface area contributed by atoms with Crippen molar-refractivity contribution in [1.82, 2.24) is 15.0 Å². The third-order valence-electron chi connectivity index (χ3n) is 6.56. The first-order valence-corrected chi connectivity index (χ1v) is 11.3. The summed E-state index contributed by atoms with van der Waals surface area (Å²) in [5, 5.41) is 6.85. The van der Waals surface area contributed by atoms with E-state index < -0.39 is 0 Å². The van der Waals surface area contributed by atoms with Crippen LogP contribution in [0.25, 0.3) is 66.3 Å². The number of fused-ring (bicyclic) bond motifs is 6. The van der Waals surface area contributed by atoms with Gasteiger partial charge in [0.25, 0.3) is 0 Å². The molecule has 0 unspecified atom stereocenters. The first-order valence-electron chi connectivity index (χ1n) is 11.3. The lowest BCUT2D eigenvalue weighted by atomic mass is 9.97. The smallest absolute Gasteiger partial charge is 0.167 e. The van der Waals surface area contributed by atoms with Crippen LogP contribution in [0.1, 0.15) is 5.56 Å². The summed E-state index contributed by atoms with van der Waals surface area (Å²) in [6.45, 7) is 2.07. The van der Waals surface area contributed by atoms with E-state index in [0.29, 0.717) is 11.6 Å². The molecule has 0 atom stereocenters. The molecule has 0 bridgehead atoms. The molecule has 0 saturated heterocycles. The number of para-hydroxylation sites is 1. The second-order valence-electron chi connectivity index (χ2n) is 8.56. The molecule has 0 amide bonds. The van der Waals surface area contributed by atoms with Gasteiger partial charge in [0, 0.05) is 16.3 Å². The molecule has 7 rings (SSSR count). The maximum atomic E-state index is 6.29. The quantitative estimate of drug-likeness (QED) is 0.260. The van der Waals surface area contributed by atoms with Gasteiger partial charge in [-0.05, 0) is 46.2 Å². The van der Waals surface area contributed by atoms with Gasteiger partial charge in [-0.15, -0.1) is 0 Å². The zero-order valence-electron chi connectivity index (χ0n) is 18.5. The van der Waals surface area contributed by atoms with Gasteiger partial charge < -0.3 is 4.42 Å². The van der Waals surface area contributed by atoms with E-state index in [1.165, 1.54) is 10.8 Å². The molecule has 160 valence electrons. The third-order valence-corrected chi connectivity index (χ3v) is 6.56. The molecule has 0 aliphatic heterocycles. The number of hydrogen-bond donors (Lipinski definition) is 0. The molecule has 0 radical (unpaired) electrons. The van der Waals surface area contributed by atoms with Crippen molar-refractivity contribution in [3.05, 3.63) is 103 Å². The summed E-state index contributed by atoms with van der Waals surface area (Å²) < 4.78 is 6.29. The Morgan fingerprint density at radius 1 is 0.618 bits per heavy atom. The summed E-state index contributed by atoms with van der Waals surface area (Å²) in [6.07, 6.45) is 1.60. The monoisotopic (exact) mass is 437 g/mol. The van der Waals surface area contributed by atoms with Crippen molar-refractivity contribution in [3.63, 3.8) is 0 Å². The van der Waals surface area contributed by atoms with Crippen LogP contribution < -0.4 is 0 Å². The minimum atomic E-state index is 0.615. The fourth-order valence-electron chi connectivity index (χ4n) is 4.95. The second kappa shape index (κ2) is 7.22. The molecular formula is C30H19N3O. The average molecular weight is 438 g/mol. The third kappa shape index (κ3) is 2.75. The average Bonchev–Trinajstić information content (AvgIpc) is 3.26. The zero-order valence-corrected chi connectivity index (χ0v) is 18.5. The lowest BCUT2D eigenvalue weighted by molar-refractivity contribution is 0.669. The Bertz CT molecular complexity index is 1880. The minimum Gasteiger partial charge on any atom is -0.455 e. The molecule has 0 aliphatic rings. The Hall–Kier alpha value is -4.57. The van der Waals surface area contributed by atoms with E-state index in [2.05, 4.69) is 89.7 Å². The van der Waals surface area contributed by atoms with Crippen molar-refractivity contribution in [2.45, 2.75) is 6.92 Å². The predicted octanol–water partition coefficient (Wildman–Crippen LogP) is 7.72. The molecule has 5 aromatic carbocycles. The molecule has 0 aliphatic carbocycles. The fraction of sp³-hybridized carbons (Fsp3) is 0.0333. The summed E-state index contributed by atoms with van der Waals surface area (Å²) in [7, 11) is 0. The molecule has 34 heavy (non-hydrogen) atoms. The van der Waals surface area contributed by atoms with E-state index in [1.807, 2.05) is 18.2 Å². The van der Waals surface area contributed by atoms with Crippen molar-refractivity contribution in [3.8, 4) is 22.8 Å². The normalized spacial score (nSPS) is 11.7. The number of furan rings is 1. The molecule has 0 fully saturated rings. The zero-order chi connectivity index (χ0) is 22.6. The Balaban J connectivity index is 1.50. The van der Waals surface area contributed by atoms with Gasteiger partial charge in [-0.1, -0.05) is 78.9 Å². The molecule has 4 heteroatoms. The van der Waals surface area contributed by atoms with E-state index in [0.717, 1.165) is 49.4 Å². The van der Waals surface area contributed by atoms with Gasteiger partial charge in [0.1, 0.15) is 17.5 Å². The van der Waals surface area contributed by atoms with Gasteiger partial charge in [0.15, 0.2) is 11.6 Å². The van der Waals surface area contributed by atoms with Crippen LogP contribution in [0.2, 0.25) is 0 Å². The number of hydrogen-bond acceptors (Lipinski definition) is 4. The first-order chi connectivity index (χ1) is 16.8. The Morgan fingerprint density at radius 3 is 2.21 bits per heavy atom. The highest BCUT2D eigenvalue weighted by Gasteiger charge is 2.18. The summed E-state index contributed by atoms with van der Waals surface area (Å²) in [4.78, 5) is 14.1. The Labute approximate surface area is 195 Å². The van der Waals surface area contributed by atoms with Crippen LogP contribution in [0.5, 0.6) is 0 Å². The highest BCUT2D eigenvalue weighted by Crippen LogP contribution is 2.38. The Morgan fingerprint density at radius 2 is 1.32 bits per heavy atom. The van der Waals surface area contributed by atoms with Crippen LogP contribution in [0.15, 0.2) is 102 Å². The van der Waals surface area contributed by atoms with E-state index in [9.17, 15) is 0 Å². The predicted molar refractivity (Wildman–Crippen MR) is 138 cm³/mol. The molecule has 0 saturated carbocycles. The van der Waals surface area contributed by atoms with Crippen LogP contribution in [0, 0.1) is 6.92 Å². The minimum absolute atomic E-state index is 0.615. The molecule has 0 spiro atoms. The van der Waals surface area contributed by atoms with Gasteiger partial charge >= 0.3 is 0 Å². The highest BCUT2D eigenvalue weighted by atomic mass is 16.3. The SMILES string of the molecule is Cc1ccc2c(oc3ccccc32)c1-c1ncnc(-c2cc3ccccc3c3ccccc23)n1. The van der Waals surface area contributed by atoms with Gasteiger partial charge in [-0.3, -0.25) is 0 Å². The van der Waals surface area contributed by atoms with E-state index in [-0.39, 0.29) is 0 Å². The van der Waals surface area contributed by atoms with Gasteiger partial charge in [0.05, 0.1) is 5.56 Å². The molecule has 2 aromatic heterocycles. The van der Waals surface area contributed by atoms with E-state index in [4.69, 9.17) is 9.40 Å².